The summed E-state index contributed by atoms with van der Waals surface area (Å²) in [6.45, 7) is 4.62. The van der Waals surface area contributed by atoms with Crippen molar-refractivity contribution in [1.82, 2.24) is 5.32 Å². The zero-order chi connectivity index (χ0) is 17.0. The predicted octanol–water partition coefficient (Wildman–Crippen LogP) is 4.63. The molecule has 0 aromatic heterocycles. The standard InChI is InChI=1S/C18H20Cl2N2O.ClH/c1-18(2,13-5-8-15(19)16(20)10-13)11-22-17(23)9-12-3-6-14(21)7-4-12;/h3-8,10H,9,11,21H2,1-2H3,(H,22,23);1H. The second-order valence-corrected chi connectivity index (χ2v) is 7.02. The van der Waals surface area contributed by atoms with E-state index in [9.17, 15) is 4.79 Å². The van der Waals surface area contributed by atoms with E-state index in [1.165, 1.54) is 0 Å². The van der Waals surface area contributed by atoms with Crippen LogP contribution in [0.5, 0.6) is 0 Å². The predicted molar refractivity (Wildman–Crippen MR) is 104 cm³/mol. The molecule has 2 rings (SSSR count). The lowest BCUT2D eigenvalue weighted by atomic mass is 9.84. The molecule has 6 heteroatoms. The quantitative estimate of drug-likeness (QED) is 0.735. The van der Waals surface area contributed by atoms with Gasteiger partial charge in [0.1, 0.15) is 0 Å². The van der Waals surface area contributed by atoms with Crippen LogP contribution < -0.4 is 11.1 Å². The van der Waals surface area contributed by atoms with Crippen molar-refractivity contribution in [2.45, 2.75) is 25.7 Å². The van der Waals surface area contributed by atoms with E-state index < -0.39 is 0 Å². The molecule has 0 aliphatic heterocycles. The van der Waals surface area contributed by atoms with E-state index in [1.54, 1.807) is 18.2 Å². The molecule has 0 aliphatic rings. The average Bonchev–Trinajstić information content (AvgIpc) is 2.50. The van der Waals surface area contributed by atoms with Gasteiger partial charge in [0.25, 0.3) is 0 Å². The minimum absolute atomic E-state index is 0. The summed E-state index contributed by atoms with van der Waals surface area (Å²) in [4.78, 5) is 12.1. The van der Waals surface area contributed by atoms with Crippen molar-refractivity contribution < 1.29 is 4.79 Å². The highest BCUT2D eigenvalue weighted by Crippen LogP contribution is 2.29. The molecule has 0 aliphatic carbocycles. The number of nitrogens with two attached hydrogens (primary N) is 1. The molecule has 2 aromatic carbocycles. The van der Waals surface area contributed by atoms with Gasteiger partial charge in [-0.1, -0.05) is 55.2 Å². The van der Waals surface area contributed by atoms with Gasteiger partial charge in [-0.25, -0.2) is 0 Å². The molecule has 24 heavy (non-hydrogen) atoms. The van der Waals surface area contributed by atoms with Gasteiger partial charge in [-0.3, -0.25) is 4.79 Å². The lowest BCUT2D eigenvalue weighted by Crippen LogP contribution is -2.37. The molecular formula is C18H21Cl3N2O. The maximum Gasteiger partial charge on any atom is 0.224 e. The van der Waals surface area contributed by atoms with Gasteiger partial charge in [0.15, 0.2) is 0 Å². The molecule has 1 amide bonds. The fourth-order valence-corrected chi connectivity index (χ4v) is 2.52. The molecule has 0 unspecified atom stereocenters. The maximum absolute atomic E-state index is 12.1. The van der Waals surface area contributed by atoms with Crippen LogP contribution in [0, 0.1) is 0 Å². The number of hydrogen-bond donors (Lipinski definition) is 2. The summed E-state index contributed by atoms with van der Waals surface area (Å²) in [5.41, 5.74) is 8.05. The van der Waals surface area contributed by atoms with E-state index in [1.807, 2.05) is 24.3 Å². The van der Waals surface area contributed by atoms with Gasteiger partial charge < -0.3 is 11.1 Å². The molecule has 0 saturated carbocycles. The third-order valence-corrected chi connectivity index (χ3v) is 4.51. The Morgan fingerprint density at radius 3 is 2.29 bits per heavy atom. The number of anilines is 1. The molecule has 0 heterocycles. The van der Waals surface area contributed by atoms with Crippen molar-refractivity contribution in [3.63, 3.8) is 0 Å². The number of benzene rings is 2. The third-order valence-electron chi connectivity index (χ3n) is 3.77. The smallest absolute Gasteiger partial charge is 0.224 e. The van der Waals surface area contributed by atoms with Gasteiger partial charge in [-0.2, -0.15) is 0 Å². The van der Waals surface area contributed by atoms with Crippen LogP contribution in [0.3, 0.4) is 0 Å². The zero-order valence-electron chi connectivity index (χ0n) is 13.6. The summed E-state index contributed by atoms with van der Waals surface area (Å²) in [6.07, 6.45) is 0.331. The second kappa shape index (κ2) is 8.61. The first-order chi connectivity index (χ1) is 10.8. The van der Waals surface area contributed by atoms with Gasteiger partial charge in [-0.05, 0) is 35.4 Å². The number of halogens is 3. The molecule has 0 spiro atoms. The SMILES string of the molecule is CC(C)(CNC(=O)Cc1ccc(N)cc1)c1ccc(Cl)c(Cl)c1.Cl. The van der Waals surface area contributed by atoms with Crippen molar-refractivity contribution in [2.75, 3.05) is 12.3 Å². The summed E-state index contributed by atoms with van der Waals surface area (Å²) in [5.74, 6) is -0.0251. The molecule has 0 fully saturated rings. The summed E-state index contributed by atoms with van der Waals surface area (Å²) in [7, 11) is 0. The van der Waals surface area contributed by atoms with E-state index in [0.717, 1.165) is 11.1 Å². The number of rotatable bonds is 5. The molecule has 3 nitrogen and oxygen atoms in total. The number of amides is 1. The fraction of sp³-hybridized carbons (Fsp3) is 0.278. The number of carbonyl (C=O) groups excluding carboxylic acids is 1. The van der Waals surface area contributed by atoms with Crippen LogP contribution in [0.2, 0.25) is 10.0 Å². The van der Waals surface area contributed by atoms with Gasteiger partial charge >= 0.3 is 0 Å². The van der Waals surface area contributed by atoms with Crippen LogP contribution in [0.1, 0.15) is 25.0 Å². The van der Waals surface area contributed by atoms with Gasteiger partial charge in [0, 0.05) is 17.6 Å². The molecule has 0 saturated heterocycles. The lowest BCUT2D eigenvalue weighted by molar-refractivity contribution is -0.120. The zero-order valence-corrected chi connectivity index (χ0v) is 15.9. The molecule has 0 bridgehead atoms. The van der Waals surface area contributed by atoms with Crippen molar-refractivity contribution in [1.29, 1.82) is 0 Å². The summed E-state index contributed by atoms with van der Waals surface area (Å²) in [5, 5.41) is 4.02. The van der Waals surface area contributed by atoms with Crippen molar-refractivity contribution >= 4 is 47.2 Å². The largest absolute Gasteiger partial charge is 0.399 e. The van der Waals surface area contributed by atoms with Crippen LogP contribution in [0.4, 0.5) is 5.69 Å². The Balaban J connectivity index is 0.00000288. The van der Waals surface area contributed by atoms with Crippen molar-refractivity contribution in [2.24, 2.45) is 0 Å². The van der Waals surface area contributed by atoms with Crippen molar-refractivity contribution in [3.05, 3.63) is 63.6 Å². The molecule has 3 N–H and O–H groups in total. The topological polar surface area (TPSA) is 55.1 Å². The maximum atomic E-state index is 12.1. The highest BCUT2D eigenvalue weighted by molar-refractivity contribution is 6.42. The van der Waals surface area contributed by atoms with Crippen LogP contribution >= 0.6 is 35.6 Å². The Kier molecular flexibility index (Phi) is 7.40. The van der Waals surface area contributed by atoms with Gasteiger partial charge in [-0.15, -0.1) is 12.4 Å². The van der Waals surface area contributed by atoms with Crippen molar-refractivity contribution in [3.8, 4) is 0 Å². The summed E-state index contributed by atoms with van der Waals surface area (Å²) < 4.78 is 0. The van der Waals surface area contributed by atoms with Gasteiger partial charge in [0.2, 0.25) is 5.91 Å². The first kappa shape index (κ1) is 20.6. The highest BCUT2D eigenvalue weighted by Gasteiger charge is 2.22. The Morgan fingerprint density at radius 2 is 1.71 bits per heavy atom. The highest BCUT2D eigenvalue weighted by atomic mass is 35.5. The third kappa shape index (κ3) is 5.59. The Morgan fingerprint density at radius 1 is 1.08 bits per heavy atom. The number of nitrogen functional groups attached to an aromatic ring is 1. The molecular weight excluding hydrogens is 367 g/mol. The Hall–Kier alpha value is -1.42. The van der Waals surface area contributed by atoms with Crippen LogP contribution in [-0.4, -0.2) is 12.5 Å². The lowest BCUT2D eigenvalue weighted by Gasteiger charge is -2.26. The van der Waals surface area contributed by atoms with E-state index in [2.05, 4.69) is 19.2 Å². The summed E-state index contributed by atoms with van der Waals surface area (Å²) in [6, 6.07) is 12.9. The first-order valence-corrected chi connectivity index (χ1v) is 8.10. The fourth-order valence-electron chi connectivity index (χ4n) is 2.22. The average molecular weight is 388 g/mol. The Bertz CT molecular complexity index is 700. The Labute approximate surface area is 158 Å². The minimum atomic E-state index is -0.245. The molecule has 0 radical (unpaired) electrons. The second-order valence-electron chi connectivity index (χ2n) is 6.21. The number of nitrogens with one attached hydrogen (secondary N) is 1. The van der Waals surface area contributed by atoms with Gasteiger partial charge in [0.05, 0.1) is 16.5 Å². The molecule has 2 aromatic rings. The van der Waals surface area contributed by atoms with E-state index in [4.69, 9.17) is 28.9 Å². The van der Waals surface area contributed by atoms with E-state index in [-0.39, 0.29) is 23.7 Å². The molecule has 0 atom stereocenters. The monoisotopic (exact) mass is 386 g/mol. The van der Waals surface area contributed by atoms with E-state index in [0.29, 0.717) is 28.7 Å². The molecule has 130 valence electrons. The summed E-state index contributed by atoms with van der Waals surface area (Å²) >= 11 is 12.0. The van der Waals surface area contributed by atoms with Crippen LogP contribution in [-0.2, 0) is 16.6 Å². The van der Waals surface area contributed by atoms with Crippen LogP contribution in [0.15, 0.2) is 42.5 Å². The number of carbonyl (C=O) groups is 1. The normalized spacial score (nSPS) is 10.8. The van der Waals surface area contributed by atoms with E-state index >= 15 is 0 Å². The minimum Gasteiger partial charge on any atom is -0.399 e. The number of hydrogen-bond acceptors (Lipinski definition) is 2. The first-order valence-electron chi connectivity index (χ1n) is 7.34. The van der Waals surface area contributed by atoms with Crippen LogP contribution in [0.25, 0.3) is 0 Å².